The lowest BCUT2D eigenvalue weighted by Crippen LogP contribution is -3.11. The van der Waals surface area contributed by atoms with Crippen molar-refractivity contribution in [2.24, 2.45) is 0 Å². The molecule has 4 heteroatoms. The highest BCUT2D eigenvalue weighted by Crippen LogP contribution is 2.41. The summed E-state index contributed by atoms with van der Waals surface area (Å²) in [5.74, 6) is 1.19. The number of rotatable bonds is 6. The molecule has 0 saturated heterocycles. The molecule has 2 atom stereocenters. The topological polar surface area (TPSA) is 7.68 Å². The molecule has 25 heavy (non-hydrogen) atoms. The summed E-state index contributed by atoms with van der Waals surface area (Å²) in [5.41, 5.74) is 4.14. The number of unbranched alkanes of at least 4 members (excludes halogenated alkanes) is 1. The Morgan fingerprint density at radius 3 is 2.20 bits per heavy atom. The van der Waals surface area contributed by atoms with Crippen LogP contribution in [-0.2, 0) is 0 Å². The number of hydrogen-bond donors (Lipinski definition) is 1. The van der Waals surface area contributed by atoms with E-state index in [1.54, 1.807) is 0 Å². The second-order valence-electron chi connectivity index (χ2n) is 6.32. The van der Waals surface area contributed by atoms with Gasteiger partial charge in [0.1, 0.15) is 6.04 Å². The van der Waals surface area contributed by atoms with E-state index in [0.29, 0.717) is 6.04 Å². The number of nitrogens with one attached hydrogen (secondary N) is 1. The number of nitrogens with zero attached hydrogens (tertiary/aromatic N) is 1. The normalized spacial score (nSPS) is 20.6. The third-order valence-electron chi connectivity index (χ3n) is 4.71. The van der Waals surface area contributed by atoms with Crippen molar-refractivity contribution < 1.29 is 29.0 Å². The van der Waals surface area contributed by atoms with Crippen LogP contribution in [0.25, 0.3) is 5.70 Å². The largest absolute Gasteiger partial charge is 1.00 e. The Labute approximate surface area is 173 Å². The fraction of sp³-hybridized carbons (Fsp3) is 0.333. The lowest BCUT2D eigenvalue weighted by molar-refractivity contribution is -0.928. The molecule has 0 fully saturated rings. The second-order valence-corrected chi connectivity index (χ2v) is 7.45. The van der Waals surface area contributed by atoms with Gasteiger partial charge in [0.05, 0.1) is 12.0 Å². The van der Waals surface area contributed by atoms with Crippen molar-refractivity contribution in [3.8, 4) is 0 Å². The first-order chi connectivity index (χ1) is 11.7. The summed E-state index contributed by atoms with van der Waals surface area (Å²) < 4.78 is 0. The van der Waals surface area contributed by atoms with E-state index in [9.17, 15) is 0 Å². The molecule has 0 spiro atoms. The highest BCUT2D eigenvalue weighted by atomic mass is 127. The fourth-order valence-electron chi connectivity index (χ4n) is 3.30. The van der Waals surface area contributed by atoms with Crippen LogP contribution in [0.1, 0.15) is 36.9 Å². The molecule has 0 bridgehead atoms. The molecule has 0 saturated carbocycles. The molecule has 2 unspecified atom stereocenters. The SMILES string of the molecule is CCCCSC1=C(c2ccccc2)[NH+](C)N(C)C1c1ccccc1.[I-]. The molecule has 0 radical (unpaired) electrons. The standard InChI is InChI=1S/C21H26N2S.HI/c1-4-5-16-24-21-19(17-12-8-6-9-13-17)22(2)23(3)20(21)18-14-10-7-11-15-18;/h6-15,19H,4-5,16H2,1-3H3;1H. The smallest absolute Gasteiger partial charge is 0.169 e. The van der Waals surface area contributed by atoms with Crippen molar-refractivity contribution in [1.29, 1.82) is 0 Å². The third kappa shape index (κ3) is 4.48. The summed E-state index contributed by atoms with van der Waals surface area (Å²) in [4.78, 5) is 1.50. The summed E-state index contributed by atoms with van der Waals surface area (Å²) in [6.07, 6.45) is 2.51. The van der Waals surface area contributed by atoms with Crippen molar-refractivity contribution in [3.05, 3.63) is 76.7 Å². The molecule has 134 valence electrons. The Hall–Kier alpha value is -0.820. The monoisotopic (exact) mass is 466 g/mol. The van der Waals surface area contributed by atoms with Gasteiger partial charge in [-0.3, -0.25) is 0 Å². The van der Waals surface area contributed by atoms with E-state index in [4.69, 9.17) is 0 Å². The van der Waals surface area contributed by atoms with Crippen LogP contribution in [0.4, 0.5) is 0 Å². The average molecular weight is 466 g/mol. The quantitative estimate of drug-likeness (QED) is 0.502. The number of quaternary nitrogens is 1. The summed E-state index contributed by atoms with van der Waals surface area (Å²) in [6.45, 7) is 2.26. The van der Waals surface area contributed by atoms with Gasteiger partial charge >= 0.3 is 0 Å². The van der Waals surface area contributed by atoms with Crippen LogP contribution in [-0.4, -0.2) is 24.9 Å². The minimum Gasteiger partial charge on any atom is -1.00 e. The van der Waals surface area contributed by atoms with E-state index < -0.39 is 0 Å². The van der Waals surface area contributed by atoms with E-state index in [1.807, 2.05) is 11.8 Å². The molecule has 0 amide bonds. The summed E-state index contributed by atoms with van der Waals surface area (Å²) in [6, 6.07) is 22.1. The third-order valence-corrected chi connectivity index (χ3v) is 5.94. The van der Waals surface area contributed by atoms with Crippen LogP contribution in [0.3, 0.4) is 0 Å². The van der Waals surface area contributed by atoms with Crippen LogP contribution in [0.2, 0.25) is 0 Å². The van der Waals surface area contributed by atoms with Crippen LogP contribution in [0, 0.1) is 0 Å². The predicted octanol–water partition coefficient (Wildman–Crippen LogP) is 1.01. The van der Waals surface area contributed by atoms with Gasteiger partial charge in [0, 0.05) is 12.6 Å². The van der Waals surface area contributed by atoms with E-state index in [-0.39, 0.29) is 24.0 Å². The molecule has 0 aromatic heterocycles. The van der Waals surface area contributed by atoms with Gasteiger partial charge in [-0.25, -0.2) is 5.01 Å². The van der Waals surface area contributed by atoms with Crippen LogP contribution in [0.15, 0.2) is 65.6 Å². The van der Waals surface area contributed by atoms with Gasteiger partial charge < -0.3 is 24.0 Å². The first kappa shape index (κ1) is 20.5. The molecule has 2 nitrogen and oxygen atoms in total. The van der Waals surface area contributed by atoms with Crippen molar-refractivity contribution in [3.63, 3.8) is 0 Å². The zero-order chi connectivity index (χ0) is 16.9. The highest BCUT2D eigenvalue weighted by Gasteiger charge is 2.41. The molecule has 1 aliphatic heterocycles. The lowest BCUT2D eigenvalue weighted by atomic mass is 10.0. The Balaban J connectivity index is 0.00000225. The van der Waals surface area contributed by atoms with Gasteiger partial charge in [-0.05, 0) is 29.9 Å². The number of benzene rings is 2. The molecule has 2 aromatic rings. The Bertz CT molecular complexity index is 688. The lowest BCUT2D eigenvalue weighted by Gasteiger charge is -2.24. The first-order valence-electron chi connectivity index (χ1n) is 8.78. The maximum atomic E-state index is 2.44. The van der Waals surface area contributed by atoms with Crippen LogP contribution >= 0.6 is 11.8 Å². The molecule has 3 rings (SSSR count). The summed E-state index contributed by atoms with van der Waals surface area (Å²) >= 11 is 2.04. The Morgan fingerprint density at radius 1 is 1.00 bits per heavy atom. The van der Waals surface area contributed by atoms with Crippen LogP contribution in [0.5, 0.6) is 0 Å². The summed E-state index contributed by atoms with van der Waals surface area (Å²) in [5, 5.41) is 3.81. The Kier molecular flexibility index (Phi) is 8.00. The molecule has 1 heterocycles. The van der Waals surface area contributed by atoms with E-state index in [1.165, 1.54) is 45.3 Å². The van der Waals surface area contributed by atoms with Gasteiger partial charge in [0.15, 0.2) is 5.70 Å². The van der Waals surface area contributed by atoms with Crippen molar-refractivity contribution in [2.45, 2.75) is 25.8 Å². The number of thioether (sulfide) groups is 1. The number of halogens is 1. The van der Waals surface area contributed by atoms with E-state index in [0.717, 1.165) is 0 Å². The average Bonchev–Trinajstić information content (AvgIpc) is 2.87. The highest BCUT2D eigenvalue weighted by molar-refractivity contribution is 8.03. The summed E-state index contributed by atoms with van der Waals surface area (Å²) in [7, 11) is 4.48. The molecular formula is C21H27IN2S. The van der Waals surface area contributed by atoms with Crippen molar-refractivity contribution in [2.75, 3.05) is 19.8 Å². The zero-order valence-electron chi connectivity index (χ0n) is 15.2. The maximum Gasteiger partial charge on any atom is 0.169 e. The van der Waals surface area contributed by atoms with Gasteiger partial charge in [-0.2, -0.15) is 0 Å². The molecular weight excluding hydrogens is 439 g/mol. The molecule has 2 aromatic carbocycles. The maximum absolute atomic E-state index is 2.44. The predicted molar refractivity (Wildman–Crippen MR) is 105 cm³/mol. The van der Waals surface area contributed by atoms with Gasteiger partial charge in [-0.15, -0.1) is 16.8 Å². The van der Waals surface area contributed by atoms with Gasteiger partial charge in [0.25, 0.3) is 0 Å². The van der Waals surface area contributed by atoms with E-state index >= 15 is 0 Å². The Morgan fingerprint density at radius 2 is 1.60 bits per heavy atom. The molecule has 1 N–H and O–H groups in total. The van der Waals surface area contributed by atoms with E-state index in [2.05, 4.69) is 86.7 Å². The minimum atomic E-state index is 0. The van der Waals surface area contributed by atoms with Gasteiger partial charge in [-0.1, -0.05) is 61.9 Å². The van der Waals surface area contributed by atoms with Gasteiger partial charge in [0.2, 0.25) is 0 Å². The first-order valence-corrected chi connectivity index (χ1v) is 9.76. The minimum absolute atomic E-state index is 0. The van der Waals surface area contributed by atoms with Crippen molar-refractivity contribution in [1.82, 2.24) is 5.01 Å². The second kappa shape index (κ2) is 9.76. The number of likely N-dealkylation sites (N-methyl/N-ethyl adjacent to an activating group) is 1. The van der Waals surface area contributed by atoms with Crippen LogP contribution < -0.4 is 29.0 Å². The van der Waals surface area contributed by atoms with Crippen molar-refractivity contribution >= 4 is 17.5 Å². The zero-order valence-corrected chi connectivity index (χ0v) is 18.2. The molecule has 1 aliphatic rings. The molecule has 0 aliphatic carbocycles. The fourth-order valence-corrected chi connectivity index (χ4v) is 4.82. The number of hydrogen-bond acceptors (Lipinski definition) is 2.